The summed E-state index contributed by atoms with van der Waals surface area (Å²) in [7, 11) is 0. The fourth-order valence-electron chi connectivity index (χ4n) is 3.07. The minimum absolute atomic E-state index is 0.0937. The highest BCUT2D eigenvalue weighted by molar-refractivity contribution is 5.82. The fourth-order valence-corrected chi connectivity index (χ4v) is 3.07. The van der Waals surface area contributed by atoms with Crippen molar-refractivity contribution in [1.82, 2.24) is 5.32 Å². The van der Waals surface area contributed by atoms with Gasteiger partial charge in [0.05, 0.1) is 18.6 Å². The lowest BCUT2D eigenvalue weighted by Gasteiger charge is -2.38. The van der Waals surface area contributed by atoms with E-state index in [1.807, 2.05) is 0 Å². The van der Waals surface area contributed by atoms with Crippen LogP contribution in [0, 0.1) is 5.92 Å². The molecule has 0 aromatic carbocycles. The number of nitrogens with one attached hydrogen (secondary N) is 1. The van der Waals surface area contributed by atoms with Crippen LogP contribution < -0.4 is 5.32 Å². The molecule has 90 valence electrons. The molecule has 2 rings (SSSR count). The van der Waals surface area contributed by atoms with Crippen molar-refractivity contribution in [1.29, 1.82) is 0 Å². The van der Waals surface area contributed by atoms with Crippen LogP contribution in [0.2, 0.25) is 0 Å². The van der Waals surface area contributed by atoms with Crippen molar-refractivity contribution < 1.29 is 14.3 Å². The highest BCUT2D eigenvalue weighted by Gasteiger charge is 2.48. The largest absolute Gasteiger partial charge is 0.466 e. The Morgan fingerprint density at radius 1 is 1.56 bits per heavy atom. The molecular formula is C12H19NO3. The lowest BCUT2D eigenvalue weighted by Crippen LogP contribution is -2.49. The molecule has 2 aliphatic rings. The fraction of sp³-hybridized carbons (Fsp3) is 0.833. The molecule has 1 aliphatic heterocycles. The Balaban J connectivity index is 2.07. The Bertz CT molecular complexity index is 303. The molecule has 16 heavy (non-hydrogen) atoms. The summed E-state index contributed by atoms with van der Waals surface area (Å²) in [4.78, 5) is 23.1. The van der Waals surface area contributed by atoms with Crippen molar-refractivity contribution in [3.8, 4) is 0 Å². The van der Waals surface area contributed by atoms with Crippen molar-refractivity contribution >= 4 is 11.9 Å². The van der Waals surface area contributed by atoms with Gasteiger partial charge in [-0.25, -0.2) is 0 Å². The van der Waals surface area contributed by atoms with E-state index in [0.717, 1.165) is 19.3 Å². The summed E-state index contributed by atoms with van der Waals surface area (Å²) in [6.45, 7) is 2.22. The van der Waals surface area contributed by atoms with E-state index < -0.39 is 0 Å². The summed E-state index contributed by atoms with van der Waals surface area (Å²) in [5.41, 5.74) is -0.290. The van der Waals surface area contributed by atoms with Crippen molar-refractivity contribution in [3.05, 3.63) is 0 Å². The second kappa shape index (κ2) is 4.44. The summed E-state index contributed by atoms with van der Waals surface area (Å²) in [5.74, 6) is 0.242. The molecule has 1 N–H and O–H groups in total. The lowest BCUT2D eigenvalue weighted by molar-refractivity contribution is -0.145. The van der Waals surface area contributed by atoms with Gasteiger partial charge in [0.2, 0.25) is 5.91 Å². The number of ether oxygens (including phenoxy) is 1. The monoisotopic (exact) mass is 225 g/mol. The first-order valence-corrected chi connectivity index (χ1v) is 6.13. The topological polar surface area (TPSA) is 55.4 Å². The normalized spacial score (nSPS) is 33.1. The van der Waals surface area contributed by atoms with Gasteiger partial charge in [0, 0.05) is 6.42 Å². The molecule has 1 saturated carbocycles. The summed E-state index contributed by atoms with van der Waals surface area (Å²) >= 11 is 0. The standard InChI is InChI=1S/C12H19NO3/c1-2-16-11(15)8-12-6-4-3-5-9(12)7-10(14)13-12/h9H,2-8H2,1H3,(H,13,14)/t9-,12+/m1/s1. The second-order valence-corrected chi connectivity index (χ2v) is 4.83. The Kier molecular flexibility index (Phi) is 3.17. The molecule has 1 heterocycles. The van der Waals surface area contributed by atoms with Gasteiger partial charge in [-0.2, -0.15) is 0 Å². The van der Waals surface area contributed by atoms with Gasteiger partial charge in [0.1, 0.15) is 0 Å². The van der Waals surface area contributed by atoms with E-state index in [1.165, 1.54) is 6.42 Å². The number of fused-ring (bicyclic) bond motifs is 1. The molecule has 0 bridgehead atoms. The first-order valence-electron chi connectivity index (χ1n) is 6.13. The Hall–Kier alpha value is -1.06. The third-order valence-electron chi connectivity index (χ3n) is 3.79. The summed E-state index contributed by atoms with van der Waals surface area (Å²) in [5, 5.41) is 3.02. The zero-order valence-corrected chi connectivity index (χ0v) is 9.75. The lowest BCUT2D eigenvalue weighted by atomic mass is 9.72. The third-order valence-corrected chi connectivity index (χ3v) is 3.79. The quantitative estimate of drug-likeness (QED) is 0.738. The van der Waals surface area contributed by atoms with Crippen LogP contribution in [0.5, 0.6) is 0 Å². The minimum atomic E-state index is -0.290. The molecule has 2 fully saturated rings. The number of hydrogen-bond donors (Lipinski definition) is 1. The van der Waals surface area contributed by atoms with Gasteiger partial charge in [0.15, 0.2) is 0 Å². The minimum Gasteiger partial charge on any atom is -0.466 e. The van der Waals surface area contributed by atoms with Crippen molar-refractivity contribution in [2.75, 3.05) is 6.61 Å². The third kappa shape index (κ3) is 2.06. The van der Waals surface area contributed by atoms with Gasteiger partial charge in [0.25, 0.3) is 0 Å². The Morgan fingerprint density at radius 3 is 3.12 bits per heavy atom. The number of rotatable bonds is 3. The molecular weight excluding hydrogens is 206 g/mol. The van der Waals surface area contributed by atoms with Crippen LogP contribution in [0.4, 0.5) is 0 Å². The number of amides is 1. The molecule has 1 saturated heterocycles. The van der Waals surface area contributed by atoms with Crippen LogP contribution in [0.3, 0.4) is 0 Å². The van der Waals surface area contributed by atoms with Crippen molar-refractivity contribution in [2.45, 2.75) is 51.0 Å². The first-order chi connectivity index (χ1) is 7.66. The molecule has 1 aliphatic carbocycles. The predicted octanol–water partition coefficient (Wildman–Crippen LogP) is 1.39. The zero-order chi connectivity index (χ0) is 11.6. The molecule has 0 aromatic heterocycles. The van der Waals surface area contributed by atoms with E-state index in [9.17, 15) is 9.59 Å². The van der Waals surface area contributed by atoms with E-state index in [4.69, 9.17) is 4.74 Å². The molecule has 0 aromatic rings. The average Bonchev–Trinajstić information content (AvgIpc) is 2.53. The van der Waals surface area contributed by atoms with E-state index in [2.05, 4.69) is 5.32 Å². The maximum atomic E-state index is 11.6. The van der Waals surface area contributed by atoms with Crippen LogP contribution >= 0.6 is 0 Å². The van der Waals surface area contributed by atoms with Gasteiger partial charge in [-0.05, 0) is 25.7 Å². The first kappa shape index (κ1) is 11.4. The van der Waals surface area contributed by atoms with E-state index in [0.29, 0.717) is 25.4 Å². The molecule has 2 atom stereocenters. The van der Waals surface area contributed by atoms with Gasteiger partial charge < -0.3 is 10.1 Å². The van der Waals surface area contributed by atoms with Gasteiger partial charge in [-0.3, -0.25) is 9.59 Å². The molecule has 0 unspecified atom stereocenters. The predicted molar refractivity (Wildman–Crippen MR) is 58.7 cm³/mol. The number of esters is 1. The molecule has 0 radical (unpaired) electrons. The van der Waals surface area contributed by atoms with Crippen LogP contribution in [-0.2, 0) is 14.3 Å². The highest BCUT2D eigenvalue weighted by Crippen LogP contribution is 2.42. The zero-order valence-electron chi connectivity index (χ0n) is 9.75. The van der Waals surface area contributed by atoms with Crippen LogP contribution in [0.25, 0.3) is 0 Å². The van der Waals surface area contributed by atoms with Crippen molar-refractivity contribution in [2.24, 2.45) is 5.92 Å². The number of carbonyl (C=O) groups is 2. The maximum absolute atomic E-state index is 11.6. The van der Waals surface area contributed by atoms with E-state index in [-0.39, 0.29) is 17.4 Å². The van der Waals surface area contributed by atoms with Gasteiger partial charge >= 0.3 is 5.97 Å². The van der Waals surface area contributed by atoms with Gasteiger partial charge in [-0.15, -0.1) is 0 Å². The Morgan fingerprint density at radius 2 is 2.38 bits per heavy atom. The summed E-state index contributed by atoms with van der Waals surface area (Å²) in [6.07, 6.45) is 5.16. The molecule has 0 spiro atoms. The van der Waals surface area contributed by atoms with E-state index in [1.54, 1.807) is 6.92 Å². The van der Waals surface area contributed by atoms with Crippen molar-refractivity contribution in [3.63, 3.8) is 0 Å². The maximum Gasteiger partial charge on any atom is 0.308 e. The molecule has 1 amide bonds. The highest BCUT2D eigenvalue weighted by atomic mass is 16.5. The van der Waals surface area contributed by atoms with Crippen LogP contribution in [0.15, 0.2) is 0 Å². The SMILES string of the molecule is CCOC(=O)C[C@@]12CCCC[C@@H]1CC(=O)N2. The second-order valence-electron chi connectivity index (χ2n) is 4.83. The number of carbonyl (C=O) groups excluding carboxylic acids is 2. The number of hydrogen-bond acceptors (Lipinski definition) is 3. The summed E-state index contributed by atoms with van der Waals surface area (Å²) in [6, 6.07) is 0. The molecule has 4 heteroatoms. The summed E-state index contributed by atoms with van der Waals surface area (Å²) < 4.78 is 4.99. The van der Waals surface area contributed by atoms with Gasteiger partial charge in [-0.1, -0.05) is 12.8 Å². The molecule has 4 nitrogen and oxygen atoms in total. The van der Waals surface area contributed by atoms with Crippen LogP contribution in [-0.4, -0.2) is 24.0 Å². The smallest absolute Gasteiger partial charge is 0.308 e. The van der Waals surface area contributed by atoms with E-state index >= 15 is 0 Å². The Labute approximate surface area is 95.7 Å². The average molecular weight is 225 g/mol. The van der Waals surface area contributed by atoms with Crippen LogP contribution in [0.1, 0.15) is 45.4 Å².